The quantitative estimate of drug-likeness (QED) is 0.386. The van der Waals surface area contributed by atoms with Gasteiger partial charge in [-0.2, -0.15) is 0 Å². The third kappa shape index (κ3) is 5.38. The number of hydrogen-bond acceptors (Lipinski definition) is 5. The number of aromatic nitrogens is 2. The van der Waals surface area contributed by atoms with Gasteiger partial charge in [0.25, 0.3) is 11.8 Å². The predicted molar refractivity (Wildman–Crippen MR) is 136 cm³/mol. The van der Waals surface area contributed by atoms with Gasteiger partial charge < -0.3 is 10.1 Å². The number of anilines is 2. The number of nitrogens with zero attached hydrogens (tertiary/aromatic N) is 3. The second-order valence-corrected chi connectivity index (χ2v) is 8.21. The average Bonchev–Trinajstić information content (AvgIpc) is 2.90. The van der Waals surface area contributed by atoms with Gasteiger partial charge in [-0.25, -0.2) is 9.37 Å². The second kappa shape index (κ2) is 10.8. The molecule has 0 aliphatic rings. The number of carbonyl (C=O) groups is 2. The lowest BCUT2D eigenvalue weighted by Crippen LogP contribution is -2.42. The summed E-state index contributed by atoms with van der Waals surface area (Å²) in [5.74, 6) is -0.898. The zero-order valence-corrected chi connectivity index (χ0v) is 20.1. The molecule has 0 saturated carbocycles. The van der Waals surface area contributed by atoms with Gasteiger partial charge in [0.1, 0.15) is 23.3 Å². The van der Waals surface area contributed by atoms with Crippen LogP contribution in [-0.4, -0.2) is 28.9 Å². The number of methoxy groups -OCH3 is 1. The molecule has 4 rings (SSSR count). The van der Waals surface area contributed by atoms with E-state index in [1.807, 2.05) is 26.0 Å². The topological polar surface area (TPSA) is 84.4 Å². The minimum atomic E-state index is -1.11. The van der Waals surface area contributed by atoms with Gasteiger partial charge in [-0.1, -0.05) is 18.2 Å². The van der Waals surface area contributed by atoms with Crippen molar-refractivity contribution in [2.45, 2.75) is 19.9 Å². The van der Waals surface area contributed by atoms with Crippen LogP contribution in [0.2, 0.25) is 0 Å². The van der Waals surface area contributed by atoms with Crippen molar-refractivity contribution in [3.8, 4) is 5.75 Å². The summed E-state index contributed by atoms with van der Waals surface area (Å²) in [6, 6.07) is 16.8. The van der Waals surface area contributed by atoms with E-state index in [2.05, 4.69) is 15.3 Å². The molecule has 1 aromatic heterocycles. The maximum atomic E-state index is 13.9. The normalized spacial score (nSPS) is 11.4. The first-order valence-electron chi connectivity index (χ1n) is 11.2. The molecule has 0 aliphatic heterocycles. The van der Waals surface area contributed by atoms with Gasteiger partial charge in [0.15, 0.2) is 0 Å². The molecule has 0 saturated heterocycles. The van der Waals surface area contributed by atoms with Crippen LogP contribution in [0.3, 0.4) is 0 Å². The van der Waals surface area contributed by atoms with Crippen molar-refractivity contribution in [2.75, 3.05) is 17.3 Å². The van der Waals surface area contributed by atoms with Crippen LogP contribution in [0.5, 0.6) is 5.75 Å². The second-order valence-electron chi connectivity index (χ2n) is 8.21. The van der Waals surface area contributed by atoms with Crippen molar-refractivity contribution in [3.05, 3.63) is 114 Å². The Balaban J connectivity index is 1.88. The van der Waals surface area contributed by atoms with Crippen molar-refractivity contribution in [2.24, 2.45) is 0 Å². The van der Waals surface area contributed by atoms with Gasteiger partial charge in [0, 0.05) is 23.8 Å². The highest BCUT2D eigenvalue weighted by Gasteiger charge is 2.34. The van der Waals surface area contributed by atoms with Crippen LogP contribution in [0.4, 0.5) is 15.8 Å². The Hall–Kier alpha value is -4.59. The summed E-state index contributed by atoms with van der Waals surface area (Å²) in [5.41, 5.74) is 3.49. The number of rotatable bonds is 7. The maximum Gasteiger partial charge on any atom is 0.279 e. The van der Waals surface area contributed by atoms with Crippen LogP contribution in [0, 0.1) is 19.7 Å². The highest BCUT2D eigenvalue weighted by Crippen LogP contribution is 2.33. The zero-order valence-electron chi connectivity index (χ0n) is 20.1. The number of carbonyl (C=O) groups excluding carboxylic acids is 2. The van der Waals surface area contributed by atoms with Crippen LogP contribution in [0.25, 0.3) is 0 Å². The largest absolute Gasteiger partial charge is 0.497 e. The summed E-state index contributed by atoms with van der Waals surface area (Å²) in [5, 5.41) is 2.81. The summed E-state index contributed by atoms with van der Waals surface area (Å²) in [6.45, 7) is 3.90. The van der Waals surface area contributed by atoms with Crippen LogP contribution >= 0.6 is 0 Å². The third-order valence-corrected chi connectivity index (χ3v) is 5.80. The molecule has 0 aliphatic carbocycles. The number of benzene rings is 3. The summed E-state index contributed by atoms with van der Waals surface area (Å²) < 4.78 is 18.8. The minimum absolute atomic E-state index is 0.0817. The highest BCUT2D eigenvalue weighted by molar-refractivity contribution is 6.11. The lowest BCUT2D eigenvalue weighted by Gasteiger charge is -2.31. The third-order valence-electron chi connectivity index (χ3n) is 5.80. The molecule has 1 unspecified atom stereocenters. The van der Waals surface area contributed by atoms with Crippen molar-refractivity contribution in [1.29, 1.82) is 0 Å². The first kappa shape index (κ1) is 24.5. The molecule has 0 fully saturated rings. The number of halogens is 1. The zero-order chi connectivity index (χ0) is 25.7. The molecule has 7 nitrogen and oxygen atoms in total. The number of ether oxygens (including phenoxy) is 1. The molecule has 8 heteroatoms. The van der Waals surface area contributed by atoms with Crippen molar-refractivity contribution in [3.63, 3.8) is 0 Å². The van der Waals surface area contributed by atoms with E-state index < -0.39 is 23.7 Å². The van der Waals surface area contributed by atoms with Crippen LogP contribution in [-0.2, 0) is 4.79 Å². The molecule has 4 aromatic rings. The monoisotopic (exact) mass is 484 g/mol. The molecule has 1 N–H and O–H groups in total. The van der Waals surface area contributed by atoms with Gasteiger partial charge in [0.05, 0.1) is 13.3 Å². The summed E-state index contributed by atoms with van der Waals surface area (Å²) in [7, 11) is 1.53. The van der Waals surface area contributed by atoms with Crippen LogP contribution in [0.1, 0.15) is 33.2 Å². The Labute approximate surface area is 208 Å². The fourth-order valence-electron chi connectivity index (χ4n) is 3.77. The van der Waals surface area contributed by atoms with E-state index in [0.717, 1.165) is 11.1 Å². The first-order valence-corrected chi connectivity index (χ1v) is 11.2. The Morgan fingerprint density at radius 3 is 2.42 bits per heavy atom. The molecule has 182 valence electrons. The van der Waals surface area contributed by atoms with Crippen molar-refractivity contribution >= 4 is 23.2 Å². The lowest BCUT2D eigenvalue weighted by molar-refractivity contribution is -0.117. The molecule has 0 spiro atoms. The summed E-state index contributed by atoms with van der Waals surface area (Å²) in [4.78, 5) is 37.3. The van der Waals surface area contributed by atoms with Crippen molar-refractivity contribution in [1.82, 2.24) is 9.97 Å². The van der Waals surface area contributed by atoms with Crippen LogP contribution < -0.4 is 15.0 Å². The van der Waals surface area contributed by atoms with Crippen LogP contribution in [0.15, 0.2) is 85.3 Å². The Kier molecular flexibility index (Phi) is 7.34. The fraction of sp³-hybridized carbons (Fsp3) is 0.143. The van der Waals surface area contributed by atoms with E-state index in [0.29, 0.717) is 22.7 Å². The van der Waals surface area contributed by atoms with E-state index in [1.54, 1.807) is 30.3 Å². The van der Waals surface area contributed by atoms with Gasteiger partial charge in [-0.3, -0.25) is 19.5 Å². The number of amides is 2. The van der Waals surface area contributed by atoms with Gasteiger partial charge in [-0.15, -0.1) is 0 Å². The highest BCUT2D eigenvalue weighted by atomic mass is 19.1. The van der Waals surface area contributed by atoms with E-state index in [4.69, 9.17) is 4.74 Å². The Bertz CT molecular complexity index is 1380. The van der Waals surface area contributed by atoms with Gasteiger partial charge >= 0.3 is 0 Å². The van der Waals surface area contributed by atoms with E-state index in [9.17, 15) is 14.0 Å². The molecule has 3 aromatic carbocycles. The maximum absolute atomic E-state index is 13.9. The predicted octanol–water partition coefficient (Wildman–Crippen LogP) is 5.27. The van der Waals surface area contributed by atoms with Crippen molar-refractivity contribution < 1.29 is 18.7 Å². The molecule has 36 heavy (non-hydrogen) atoms. The summed E-state index contributed by atoms with van der Waals surface area (Å²) in [6.07, 6.45) is 4.25. The standard InChI is InChI=1S/C28H25FN4O3/c1-18-7-12-23(15-19(18)2)33(28(35)25-17-30-13-14-31-25)26(20-5-4-6-24(16-20)36-3)27(34)32-22-10-8-21(29)9-11-22/h4-17,26H,1-3H3,(H,32,34). The molecular weight excluding hydrogens is 459 g/mol. The molecular formula is C28H25FN4O3. The number of nitrogens with one attached hydrogen (secondary N) is 1. The first-order chi connectivity index (χ1) is 17.4. The SMILES string of the molecule is COc1cccc(C(C(=O)Nc2ccc(F)cc2)N(C(=O)c2cnccn2)c2ccc(C)c(C)c2)c1. The Morgan fingerprint density at radius 2 is 1.75 bits per heavy atom. The molecule has 0 radical (unpaired) electrons. The minimum Gasteiger partial charge on any atom is -0.497 e. The molecule has 1 atom stereocenters. The number of aryl methyl sites for hydroxylation is 2. The van der Waals surface area contributed by atoms with Gasteiger partial charge in [-0.05, 0) is 79.1 Å². The Morgan fingerprint density at radius 1 is 0.972 bits per heavy atom. The molecule has 1 heterocycles. The summed E-state index contributed by atoms with van der Waals surface area (Å²) >= 11 is 0. The number of hydrogen-bond donors (Lipinski definition) is 1. The lowest BCUT2D eigenvalue weighted by atomic mass is 10.0. The van der Waals surface area contributed by atoms with Gasteiger partial charge in [0.2, 0.25) is 0 Å². The fourth-order valence-corrected chi connectivity index (χ4v) is 3.77. The molecule has 0 bridgehead atoms. The smallest absolute Gasteiger partial charge is 0.279 e. The van der Waals surface area contributed by atoms with E-state index in [1.165, 1.54) is 54.9 Å². The van der Waals surface area contributed by atoms with E-state index >= 15 is 0 Å². The molecule has 2 amide bonds. The average molecular weight is 485 g/mol. The van der Waals surface area contributed by atoms with E-state index in [-0.39, 0.29) is 5.69 Å².